The molecule has 0 unspecified atom stereocenters. The Morgan fingerprint density at radius 3 is 2.28 bits per heavy atom. The molecule has 3 N–H and O–H groups in total. The highest BCUT2D eigenvalue weighted by molar-refractivity contribution is 7.89. The second-order valence-electron chi connectivity index (χ2n) is 4.51. The molecule has 0 aliphatic heterocycles. The number of hydrogen-bond acceptors (Lipinski definition) is 3. The number of hydrogen-bond donors (Lipinski definition) is 2. The molecule has 100 valence electrons. The smallest absolute Gasteiger partial charge is 0.251 e. The monoisotopic (exact) mass is 270 g/mol. The van der Waals surface area contributed by atoms with Gasteiger partial charge in [0, 0.05) is 12.1 Å². The molecule has 0 atom stereocenters. The highest BCUT2D eigenvalue weighted by atomic mass is 32.2. The lowest BCUT2D eigenvalue weighted by atomic mass is 10.1. The van der Waals surface area contributed by atoms with Crippen LogP contribution in [0.5, 0.6) is 0 Å². The number of amides is 1. The summed E-state index contributed by atoms with van der Waals surface area (Å²) in [5.41, 5.74) is 0.422. The fourth-order valence-electron chi connectivity index (χ4n) is 1.37. The molecule has 0 spiro atoms. The topological polar surface area (TPSA) is 89.3 Å². The lowest BCUT2D eigenvalue weighted by molar-refractivity contribution is 0.0952. The van der Waals surface area contributed by atoms with Crippen molar-refractivity contribution < 1.29 is 13.2 Å². The normalized spacial score (nSPS) is 11.6. The molecule has 0 saturated carbocycles. The summed E-state index contributed by atoms with van der Waals surface area (Å²) in [5.74, 6) is 0.312. The summed E-state index contributed by atoms with van der Waals surface area (Å²) >= 11 is 0. The Balaban J connectivity index is 2.65. The van der Waals surface area contributed by atoms with Crippen molar-refractivity contribution in [2.75, 3.05) is 6.54 Å². The number of carbonyl (C=O) groups excluding carboxylic acids is 1. The van der Waals surface area contributed by atoms with E-state index in [4.69, 9.17) is 5.14 Å². The first-order valence-electron chi connectivity index (χ1n) is 5.72. The second kappa shape index (κ2) is 5.97. The van der Waals surface area contributed by atoms with E-state index in [0.29, 0.717) is 18.0 Å². The van der Waals surface area contributed by atoms with E-state index < -0.39 is 10.0 Å². The van der Waals surface area contributed by atoms with Crippen LogP contribution in [0.2, 0.25) is 0 Å². The Kier molecular flexibility index (Phi) is 4.86. The van der Waals surface area contributed by atoms with Crippen LogP contribution in [-0.4, -0.2) is 20.9 Å². The number of benzene rings is 1. The predicted octanol–water partition coefficient (Wildman–Crippen LogP) is 1.11. The average Bonchev–Trinajstić information content (AvgIpc) is 2.27. The second-order valence-corrected chi connectivity index (χ2v) is 6.07. The molecular formula is C12H18N2O3S. The molecule has 1 amide bonds. The molecule has 0 radical (unpaired) electrons. The van der Waals surface area contributed by atoms with E-state index in [0.717, 1.165) is 6.42 Å². The zero-order valence-electron chi connectivity index (χ0n) is 10.5. The first kappa shape index (κ1) is 14.7. The van der Waals surface area contributed by atoms with Gasteiger partial charge in [-0.25, -0.2) is 13.6 Å². The van der Waals surface area contributed by atoms with Gasteiger partial charge in [-0.2, -0.15) is 0 Å². The van der Waals surface area contributed by atoms with Crippen molar-refractivity contribution in [2.24, 2.45) is 11.1 Å². The quantitative estimate of drug-likeness (QED) is 0.840. The van der Waals surface area contributed by atoms with Gasteiger partial charge in [-0.1, -0.05) is 13.8 Å². The fraction of sp³-hybridized carbons (Fsp3) is 0.417. The Morgan fingerprint density at radius 2 is 1.83 bits per heavy atom. The highest BCUT2D eigenvalue weighted by Gasteiger charge is 2.09. The molecule has 1 rings (SSSR count). The predicted molar refractivity (Wildman–Crippen MR) is 69.6 cm³/mol. The average molecular weight is 270 g/mol. The Hall–Kier alpha value is -1.40. The minimum absolute atomic E-state index is 0.00114. The zero-order chi connectivity index (χ0) is 13.8. The van der Waals surface area contributed by atoms with Crippen molar-refractivity contribution in [1.82, 2.24) is 5.32 Å². The van der Waals surface area contributed by atoms with Crippen LogP contribution in [0.25, 0.3) is 0 Å². The van der Waals surface area contributed by atoms with Gasteiger partial charge in [-0.3, -0.25) is 4.79 Å². The van der Waals surface area contributed by atoms with Gasteiger partial charge in [-0.05, 0) is 36.6 Å². The van der Waals surface area contributed by atoms with Gasteiger partial charge < -0.3 is 5.32 Å². The van der Waals surface area contributed by atoms with Crippen LogP contribution in [0.4, 0.5) is 0 Å². The third-order valence-corrected chi connectivity index (χ3v) is 3.38. The standard InChI is InChI=1S/C12H18N2O3S/c1-9(2)7-8-14-12(15)10-3-5-11(6-4-10)18(13,16)17/h3-6,9H,7-8H2,1-2H3,(H,14,15)(H2,13,16,17). The van der Waals surface area contributed by atoms with E-state index in [9.17, 15) is 13.2 Å². The van der Waals surface area contributed by atoms with Crippen LogP contribution in [0.3, 0.4) is 0 Å². The zero-order valence-corrected chi connectivity index (χ0v) is 11.3. The lowest BCUT2D eigenvalue weighted by Gasteiger charge is -2.07. The minimum Gasteiger partial charge on any atom is -0.352 e. The maximum Gasteiger partial charge on any atom is 0.251 e. The molecule has 0 aliphatic carbocycles. The molecule has 18 heavy (non-hydrogen) atoms. The summed E-state index contributed by atoms with van der Waals surface area (Å²) in [6.45, 7) is 4.76. The SMILES string of the molecule is CC(C)CCNC(=O)c1ccc(S(N)(=O)=O)cc1. The summed E-state index contributed by atoms with van der Waals surface area (Å²) in [5, 5.41) is 7.74. The molecule has 0 fully saturated rings. The Morgan fingerprint density at radius 1 is 1.28 bits per heavy atom. The number of primary sulfonamides is 1. The molecule has 6 heteroatoms. The van der Waals surface area contributed by atoms with Gasteiger partial charge in [0.2, 0.25) is 10.0 Å². The van der Waals surface area contributed by atoms with Crippen molar-refractivity contribution >= 4 is 15.9 Å². The molecule has 0 aromatic heterocycles. The number of rotatable bonds is 5. The van der Waals surface area contributed by atoms with Crippen LogP contribution in [-0.2, 0) is 10.0 Å². The van der Waals surface area contributed by atoms with Crippen molar-refractivity contribution in [1.29, 1.82) is 0 Å². The van der Waals surface area contributed by atoms with Crippen LogP contribution in [0.15, 0.2) is 29.2 Å². The number of carbonyl (C=O) groups is 1. The molecule has 0 heterocycles. The third-order valence-electron chi connectivity index (χ3n) is 2.45. The Labute approximate surface area is 107 Å². The molecular weight excluding hydrogens is 252 g/mol. The summed E-state index contributed by atoms with van der Waals surface area (Å²) in [6, 6.07) is 5.55. The van der Waals surface area contributed by atoms with Gasteiger partial charge in [-0.15, -0.1) is 0 Å². The van der Waals surface area contributed by atoms with E-state index in [1.165, 1.54) is 24.3 Å². The Bertz CT molecular complexity index is 507. The van der Waals surface area contributed by atoms with Crippen LogP contribution in [0.1, 0.15) is 30.6 Å². The summed E-state index contributed by atoms with van der Waals surface area (Å²) < 4.78 is 22.1. The maximum absolute atomic E-state index is 11.7. The van der Waals surface area contributed by atoms with E-state index >= 15 is 0 Å². The summed E-state index contributed by atoms with van der Waals surface area (Å²) in [6.07, 6.45) is 0.904. The van der Waals surface area contributed by atoms with Gasteiger partial charge in [0.15, 0.2) is 0 Å². The minimum atomic E-state index is -3.71. The van der Waals surface area contributed by atoms with Gasteiger partial charge in [0.1, 0.15) is 0 Å². The molecule has 1 aromatic carbocycles. The van der Waals surface area contributed by atoms with Crippen LogP contribution >= 0.6 is 0 Å². The van der Waals surface area contributed by atoms with Gasteiger partial charge in [0.05, 0.1) is 4.90 Å². The van der Waals surface area contributed by atoms with E-state index in [1.54, 1.807) is 0 Å². The number of nitrogens with two attached hydrogens (primary N) is 1. The molecule has 1 aromatic rings. The van der Waals surface area contributed by atoms with Crippen LogP contribution in [0, 0.1) is 5.92 Å². The number of nitrogens with one attached hydrogen (secondary N) is 1. The van der Waals surface area contributed by atoms with Crippen LogP contribution < -0.4 is 10.5 Å². The van der Waals surface area contributed by atoms with E-state index in [1.807, 2.05) is 0 Å². The van der Waals surface area contributed by atoms with Gasteiger partial charge >= 0.3 is 0 Å². The third kappa shape index (κ3) is 4.46. The molecule has 5 nitrogen and oxygen atoms in total. The highest BCUT2D eigenvalue weighted by Crippen LogP contribution is 2.08. The molecule has 0 bridgehead atoms. The molecule has 0 saturated heterocycles. The summed E-state index contributed by atoms with van der Waals surface area (Å²) in [7, 11) is -3.71. The number of sulfonamides is 1. The fourth-order valence-corrected chi connectivity index (χ4v) is 1.89. The lowest BCUT2D eigenvalue weighted by Crippen LogP contribution is -2.25. The van der Waals surface area contributed by atoms with Crippen molar-refractivity contribution in [3.05, 3.63) is 29.8 Å². The van der Waals surface area contributed by atoms with E-state index in [2.05, 4.69) is 19.2 Å². The van der Waals surface area contributed by atoms with Crippen molar-refractivity contribution in [3.63, 3.8) is 0 Å². The maximum atomic E-state index is 11.7. The first-order chi connectivity index (χ1) is 8.30. The van der Waals surface area contributed by atoms with E-state index in [-0.39, 0.29) is 10.8 Å². The summed E-state index contributed by atoms with van der Waals surface area (Å²) in [4.78, 5) is 11.7. The van der Waals surface area contributed by atoms with Crippen molar-refractivity contribution in [2.45, 2.75) is 25.2 Å². The van der Waals surface area contributed by atoms with Crippen molar-refractivity contribution in [3.8, 4) is 0 Å². The van der Waals surface area contributed by atoms with Gasteiger partial charge in [0.25, 0.3) is 5.91 Å². The first-order valence-corrected chi connectivity index (χ1v) is 7.26. The molecule has 0 aliphatic rings. The largest absolute Gasteiger partial charge is 0.352 e.